The molecule has 3 nitrogen and oxygen atoms in total. The normalized spacial score (nSPS) is 16.3. The quantitative estimate of drug-likeness (QED) is 0.755. The maximum atomic E-state index is 13.4. The van der Waals surface area contributed by atoms with Crippen molar-refractivity contribution in [2.45, 2.75) is 19.0 Å². The predicted molar refractivity (Wildman–Crippen MR) is 67.2 cm³/mol. The van der Waals surface area contributed by atoms with Crippen LogP contribution in [0.5, 0.6) is 0 Å². The molecular formula is C14H18FNO2. The third-order valence-electron chi connectivity index (χ3n) is 2.90. The molecule has 0 amide bonds. The van der Waals surface area contributed by atoms with Gasteiger partial charge in [-0.3, -0.25) is 0 Å². The number of benzene rings is 1. The molecule has 1 saturated carbocycles. The van der Waals surface area contributed by atoms with E-state index in [-0.39, 0.29) is 13.2 Å². The van der Waals surface area contributed by atoms with Crippen LogP contribution < -0.4 is 5.32 Å². The Morgan fingerprint density at radius 2 is 2.11 bits per heavy atom. The molecule has 0 radical (unpaired) electrons. The topological polar surface area (TPSA) is 38.3 Å². The Labute approximate surface area is 106 Å². The van der Waals surface area contributed by atoms with Gasteiger partial charge in [0.1, 0.15) is 12.8 Å². The molecule has 0 spiro atoms. The van der Waals surface area contributed by atoms with Crippen LogP contribution in [0.2, 0.25) is 0 Å². The Hall–Kier alpha value is -1.42. The second-order valence-corrected chi connectivity index (χ2v) is 4.66. The van der Waals surface area contributed by atoms with Crippen molar-refractivity contribution >= 4 is 5.97 Å². The molecule has 0 bridgehead atoms. The van der Waals surface area contributed by atoms with E-state index in [4.69, 9.17) is 4.74 Å². The fourth-order valence-electron chi connectivity index (χ4n) is 1.65. The number of ether oxygens (including phenoxy) is 1. The van der Waals surface area contributed by atoms with Gasteiger partial charge in [-0.25, -0.2) is 9.18 Å². The highest BCUT2D eigenvalue weighted by Crippen LogP contribution is 2.27. The number of esters is 1. The fourth-order valence-corrected chi connectivity index (χ4v) is 1.65. The van der Waals surface area contributed by atoms with Gasteiger partial charge in [0, 0.05) is 6.54 Å². The molecule has 2 rings (SSSR count). The minimum absolute atomic E-state index is 0.189. The zero-order chi connectivity index (χ0) is 12.8. The summed E-state index contributed by atoms with van der Waals surface area (Å²) in [6.07, 6.45) is 1.34. The lowest BCUT2D eigenvalue weighted by Gasteiger charge is -2.10. The van der Waals surface area contributed by atoms with Crippen LogP contribution in [0.1, 0.15) is 23.2 Å². The van der Waals surface area contributed by atoms with Crippen molar-refractivity contribution < 1.29 is 13.9 Å². The zero-order valence-electron chi connectivity index (χ0n) is 10.3. The van der Waals surface area contributed by atoms with Gasteiger partial charge < -0.3 is 10.1 Å². The summed E-state index contributed by atoms with van der Waals surface area (Å²) in [5.74, 6) is 0.254. The number of hydrogen-bond donors (Lipinski definition) is 1. The van der Waals surface area contributed by atoms with Crippen LogP contribution in [0.4, 0.5) is 4.39 Å². The first kappa shape index (κ1) is 13.0. The van der Waals surface area contributed by atoms with E-state index in [1.165, 1.54) is 12.8 Å². The molecular weight excluding hydrogens is 233 g/mol. The monoisotopic (exact) mass is 251 g/mol. The van der Waals surface area contributed by atoms with Gasteiger partial charge in [-0.2, -0.15) is 0 Å². The molecule has 0 aliphatic heterocycles. The molecule has 98 valence electrons. The highest BCUT2D eigenvalue weighted by atomic mass is 19.1. The molecule has 0 aromatic heterocycles. The minimum Gasteiger partial charge on any atom is -0.459 e. The van der Waals surface area contributed by atoms with E-state index >= 15 is 0 Å². The number of rotatable bonds is 7. The van der Waals surface area contributed by atoms with Crippen LogP contribution in [0.25, 0.3) is 0 Å². The summed E-state index contributed by atoms with van der Waals surface area (Å²) in [4.78, 5) is 11.5. The van der Waals surface area contributed by atoms with Gasteiger partial charge in [0.25, 0.3) is 0 Å². The van der Waals surface area contributed by atoms with Crippen LogP contribution in [0.15, 0.2) is 30.3 Å². The van der Waals surface area contributed by atoms with Gasteiger partial charge in [-0.15, -0.1) is 0 Å². The summed E-state index contributed by atoms with van der Waals surface area (Å²) in [7, 11) is 0. The molecule has 1 aliphatic carbocycles. The Bertz CT molecular complexity index is 379. The summed E-state index contributed by atoms with van der Waals surface area (Å²) in [5, 5.41) is 3.04. The number of halogens is 1. The number of nitrogens with one attached hydrogen (secondary N) is 1. The molecule has 0 saturated heterocycles. The molecule has 1 aliphatic rings. The zero-order valence-corrected chi connectivity index (χ0v) is 10.3. The number of carbonyl (C=O) groups is 1. The number of hydrogen-bond acceptors (Lipinski definition) is 3. The van der Waals surface area contributed by atoms with Gasteiger partial charge in [-0.05, 0) is 37.4 Å². The molecule has 1 N–H and O–H groups in total. The van der Waals surface area contributed by atoms with E-state index in [1.807, 2.05) is 6.07 Å². The lowest BCUT2D eigenvalue weighted by Crippen LogP contribution is -2.29. The molecule has 1 unspecified atom stereocenters. The van der Waals surface area contributed by atoms with Crippen molar-refractivity contribution in [2.75, 3.05) is 19.7 Å². The summed E-state index contributed by atoms with van der Waals surface area (Å²) >= 11 is 0. The second kappa shape index (κ2) is 6.50. The van der Waals surface area contributed by atoms with Gasteiger partial charge >= 0.3 is 5.97 Å². The first-order valence-electron chi connectivity index (χ1n) is 6.32. The third-order valence-corrected chi connectivity index (χ3v) is 2.90. The molecule has 18 heavy (non-hydrogen) atoms. The molecule has 1 atom stereocenters. The molecule has 1 aromatic rings. The molecule has 1 fully saturated rings. The summed E-state index contributed by atoms with van der Waals surface area (Å²) in [5.41, 5.74) is 0.454. The van der Waals surface area contributed by atoms with Crippen LogP contribution in [0.3, 0.4) is 0 Å². The van der Waals surface area contributed by atoms with Crippen molar-refractivity contribution in [1.29, 1.82) is 0 Å². The van der Waals surface area contributed by atoms with Crippen molar-refractivity contribution in [3.8, 4) is 0 Å². The van der Waals surface area contributed by atoms with Gasteiger partial charge in [0.2, 0.25) is 0 Å². The highest BCUT2D eigenvalue weighted by molar-refractivity contribution is 5.89. The Balaban J connectivity index is 1.62. The number of carbonyl (C=O) groups excluding carboxylic acids is 1. The number of alkyl halides is 1. The van der Waals surface area contributed by atoms with E-state index < -0.39 is 12.1 Å². The minimum atomic E-state index is -1.14. The Kier molecular flexibility index (Phi) is 4.70. The van der Waals surface area contributed by atoms with Crippen molar-refractivity contribution in [3.63, 3.8) is 0 Å². The van der Waals surface area contributed by atoms with Crippen molar-refractivity contribution in [3.05, 3.63) is 35.9 Å². The van der Waals surface area contributed by atoms with E-state index in [9.17, 15) is 9.18 Å². The van der Waals surface area contributed by atoms with E-state index in [1.54, 1.807) is 24.3 Å². The van der Waals surface area contributed by atoms with Crippen LogP contribution in [0, 0.1) is 5.92 Å². The van der Waals surface area contributed by atoms with Crippen LogP contribution in [-0.4, -0.2) is 31.8 Å². The average Bonchev–Trinajstić information content (AvgIpc) is 3.21. The first-order chi connectivity index (χ1) is 8.75. The maximum Gasteiger partial charge on any atom is 0.338 e. The van der Waals surface area contributed by atoms with E-state index in [2.05, 4.69) is 5.32 Å². The molecule has 0 heterocycles. The lowest BCUT2D eigenvalue weighted by molar-refractivity contribution is 0.0400. The Morgan fingerprint density at radius 3 is 2.78 bits per heavy atom. The van der Waals surface area contributed by atoms with Crippen molar-refractivity contribution in [2.24, 2.45) is 5.92 Å². The molecule has 1 aromatic carbocycles. The summed E-state index contributed by atoms with van der Waals surface area (Å²) in [6, 6.07) is 8.62. The highest BCUT2D eigenvalue weighted by Gasteiger charge is 2.21. The van der Waals surface area contributed by atoms with Crippen molar-refractivity contribution in [1.82, 2.24) is 5.32 Å². The molecule has 4 heteroatoms. The van der Waals surface area contributed by atoms with Crippen LogP contribution >= 0.6 is 0 Å². The standard InChI is InChI=1S/C14H18FNO2/c15-13(9-16-8-11-6-7-11)10-18-14(17)12-4-2-1-3-5-12/h1-5,11,13,16H,6-10H2. The average molecular weight is 251 g/mol. The van der Waals surface area contributed by atoms with E-state index in [0.717, 1.165) is 12.5 Å². The second-order valence-electron chi connectivity index (χ2n) is 4.66. The van der Waals surface area contributed by atoms with E-state index in [0.29, 0.717) is 5.56 Å². The SMILES string of the molecule is O=C(OCC(F)CNCC1CC1)c1ccccc1. The summed E-state index contributed by atoms with van der Waals surface area (Å²) in [6.45, 7) is 0.928. The van der Waals surface area contributed by atoms with Crippen LogP contribution in [-0.2, 0) is 4.74 Å². The largest absolute Gasteiger partial charge is 0.459 e. The summed E-state index contributed by atoms with van der Waals surface area (Å²) < 4.78 is 18.3. The predicted octanol–water partition coefficient (Wildman–Crippen LogP) is 2.18. The smallest absolute Gasteiger partial charge is 0.338 e. The first-order valence-corrected chi connectivity index (χ1v) is 6.32. The van der Waals surface area contributed by atoms with Gasteiger partial charge in [-0.1, -0.05) is 18.2 Å². The maximum absolute atomic E-state index is 13.4. The fraction of sp³-hybridized carbons (Fsp3) is 0.500. The lowest BCUT2D eigenvalue weighted by atomic mass is 10.2. The third kappa shape index (κ3) is 4.45. The Morgan fingerprint density at radius 1 is 1.39 bits per heavy atom. The van der Waals surface area contributed by atoms with Gasteiger partial charge in [0.05, 0.1) is 5.56 Å². The van der Waals surface area contributed by atoms with Gasteiger partial charge in [0.15, 0.2) is 0 Å².